The first-order valence-corrected chi connectivity index (χ1v) is 12.6. The summed E-state index contributed by atoms with van der Waals surface area (Å²) in [6, 6.07) is 0. The lowest BCUT2D eigenvalue weighted by atomic mass is 10.3. The molecule has 0 aliphatic carbocycles. The van der Waals surface area contributed by atoms with E-state index in [0.717, 1.165) is 39.3 Å². The third kappa shape index (κ3) is 6.14. The molecule has 0 N–H and O–H groups in total. The van der Waals surface area contributed by atoms with Crippen molar-refractivity contribution in [2.75, 3.05) is 52.4 Å². The quantitative estimate of drug-likeness (QED) is 0.326. The molecule has 0 bridgehead atoms. The lowest BCUT2D eigenvalue weighted by Crippen LogP contribution is -2.53. The summed E-state index contributed by atoms with van der Waals surface area (Å²) >= 11 is 0. The summed E-state index contributed by atoms with van der Waals surface area (Å²) in [6.45, 7) is 28.0. The molecule has 4 nitrogen and oxygen atoms in total. The van der Waals surface area contributed by atoms with Crippen molar-refractivity contribution >= 4 is 7.87 Å². The van der Waals surface area contributed by atoms with Crippen LogP contribution in [0.4, 0.5) is 0 Å². The lowest BCUT2D eigenvalue weighted by Gasteiger charge is -2.50. The predicted octanol–water partition coefficient (Wildman–Crippen LogP) is 5.59. The number of nitrogens with zero attached hydrogens (tertiary/aromatic N) is 4. The van der Waals surface area contributed by atoms with Gasteiger partial charge in [0, 0.05) is 52.4 Å². The van der Waals surface area contributed by atoms with Crippen LogP contribution < -0.4 is 0 Å². The molecule has 25 heavy (non-hydrogen) atoms. The fraction of sp³-hybridized carbons (Fsp3) is 1.00. The van der Waals surface area contributed by atoms with Gasteiger partial charge < -0.3 is 0 Å². The molecule has 0 amide bonds. The van der Waals surface area contributed by atoms with Crippen molar-refractivity contribution in [3.63, 3.8) is 0 Å². The number of rotatable bonds is 16. The zero-order valence-electron chi connectivity index (χ0n) is 18.7. The SMILES string of the molecule is CCCCN(CCCC)[P+](N(CC)CC)(N(CC)CC)N(CC)CC. The van der Waals surface area contributed by atoms with E-state index in [4.69, 9.17) is 0 Å². The normalized spacial score (nSPS) is 13.0. The minimum Gasteiger partial charge on any atom is -0.134 e. The Hall–Kier alpha value is 0.270. The smallest absolute Gasteiger partial charge is 0.134 e. The molecule has 0 fully saturated rings. The maximum absolute atomic E-state index is 2.91. The van der Waals surface area contributed by atoms with E-state index < -0.39 is 7.87 Å². The summed E-state index contributed by atoms with van der Waals surface area (Å²) in [5, 5.41) is 0. The van der Waals surface area contributed by atoms with Gasteiger partial charge in [0.15, 0.2) is 0 Å². The average Bonchev–Trinajstić information content (AvgIpc) is 2.64. The van der Waals surface area contributed by atoms with Crippen LogP contribution in [0.2, 0.25) is 0 Å². The van der Waals surface area contributed by atoms with Crippen LogP contribution in [0.1, 0.15) is 81.1 Å². The molecular formula is C20H48N4P+. The molecule has 0 spiro atoms. The lowest BCUT2D eigenvalue weighted by molar-refractivity contribution is 0.250. The summed E-state index contributed by atoms with van der Waals surface area (Å²) in [7, 11) is -1.66. The highest BCUT2D eigenvalue weighted by atomic mass is 31.2. The first kappa shape index (κ1) is 25.3. The van der Waals surface area contributed by atoms with Gasteiger partial charge in [0.2, 0.25) is 0 Å². The maximum Gasteiger partial charge on any atom is 0.308 e. The van der Waals surface area contributed by atoms with E-state index in [9.17, 15) is 0 Å². The first-order valence-electron chi connectivity index (χ1n) is 11.0. The number of hydrogen-bond donors (Lipinski definition) is 0. The standard InChI is InChI=1S/C20H48N4P/c1-9-17-19-24(20-18-10-2)25(21(11-3)12-4,22(13-5)14-6)23(15-7)16-8/h9-20H2,1-8H3/q+1. The molecule has 0 atom stereocenters. The van der Waals surface area contributed by atoms with Gasteiger partial charge in [0.1, 0.15) is 0 Å². The van der Waals surface area contributed by atoms with Gasteiger partial charge in [-0.05, 0) is 54.4 Å². The van der Waals surface area contributed by atoms with Crippen LogP contribution in [0.25, 0.3) is 0 Å². The van der Waals surface area contributed by atoms with E-state index >= 15 is 0 Å². The molecular weight excluding hydrogens is 327 g/mol. The molecule has 5 heteroatoms. The van der Waals surface area contributed by atoms with Crippen LogP contribution in [0.15, 0.2) is 0 Å². The Labute approximate surface area is 160 Å². The Morgan fingerprint density at radius 2 is 0.720 bits per heavy atom. The Balaban J connectivity index is 6.28. The van der Waals surface area contributed by atoms with E-state index in [1.807, 2.05) is 0 Å². The third-order valence-electron chi connectivity index (χ3n) is 5.25. The largest absolute Gasteiger partial charge is 0.308 e. The van der Waals surface area contributed by atoms with Crippen molar-refractivity contribution in [1.29, 1.82) is 0 Å². The molecule has 0 aliphatic heterocycles. The highest BCUT2D eigenvalue weighted by Crippen LogP contribution is 2.69. The molecule has 0 heterocycles. The van der Waals surface area contributed by atoms with Crippen LogP contribution in [0.5, 0.6) is 0 Å². The topological polar surface area (TPSA) is 13.0 Å². The average molecular weight is 376 g/mol. The Bertz CT molecular complexity index is 263. The molecule has 0 rings (SSSR count). The highest BCUT2D eigenvalue weighted by Gasteiger charge is 2.58. The molecule has 0 aromatic heterocycles. The van der Waals surface area contributed by atoms with Crippen LogP contribution in [0.3, 0.4) is 0 Å². The molecule has 152 valence electrons. The maximum atomic E-state index is 2.91. The summed E-state index contributed by atoms with van der Waals surface area (Å²) in [5.41, 5.74) is 0. The van der Waals surface area contributed by atoms with Gasteiger partial charge in [-0.2, -0.15) is 0 Å². The second-order valence-electron chi connectivity index (χ2n) is 6.61. The van der Waals surface area contributed by atoms with Crippen molar-refractivity contribution in [2.24, 2.45) is 0 Å². The van der Waals surface area contributed by atoms with Crippen LogP contribution in [-0.4, -0.2) is 71.0 Å². The van der Waals surface area contributed by atoms with Crippen LogP contribution in [-0.2, 0) is 0 Å². The van der Waals surface area contributed by atoms with E-state index in [1.165, 1.54) is 38.8 Å². The monoisotopic (exact) mass is 375 g/mol. The van der Waals surface area contributed by atoms with Gasteiger partial charge >= 0.3 is 7.87 Å². The fourth-order valence-corrected chi connectivity index (χ4v) is 9.19. The molecule has 0 aromatic rings. The zero-order valence-corrected chi connectivity index (χ0v) is 19.6. The Morgan fingerprint density at radius 1 is 0.440 bits per heavy atom. The minimum atomic E-state index is -1.66. The van der Waals surface area contributed by atoms with E-state index in [0.29, 0.717) is 0 Å². The van der Waals surface area contributed by atoms with E-state index in [-0.39, 0.29) is 0 Å². The number of hydrogen-bond acceptors (Lipinski definition) is 4. The van der Waals surface area contributed by atoms with Crippen molar-refractivity contribution < 1.29 is 0 Å². The van der Waals surface area contributed by atoms with E-state index in [1.54, 1.807) is 0 Å². The highest BCUT2D eigenvalue weighted by molar-refractivity contribution is 7.66. The van der Waals surface area contributed by atoms with Crippen LogP contribution in [0, 0.1) is 0 Å². The second-order valence-corrected chi connectivity index (χ2v) is 9.95. The zero-order chi connectivity index (χ0) is 19.3. The first-order chi connectivity index (χ1) is 12.1. The van der Waals surface area contributed by atoms with Gasteiger partial charge in [0.05, 0.1) is 0 Å². The van der Waals surface area contributed by atoms with Crippen molar-refractivity contribution in [1.82, 2.24) is 18.7 Å². The Morgan fingerprint density at radius 3 is 0.920 bits per heavy atom. The summed E-state index contributed by atoms with van der Waals surface area (Å²) in [5.74, 6) is 0. The summed E-state index contributed by atoms with van der Waals surface area (Å²) in [6.07, 6.45) is 5.15. The van der Waals surface area contributed by atoms with E-state index in [2.05, 4.69) is 74.1 Å². The van der Waals surface area contributed by atoms with Crippen molar-refractivity contribution in [3.8, 4) is 0 Å². The summed E-state index contributed by atoms with van der Waals surface area (Å²) < 4.78 is 11.3. The van der Waals surface area contributed by atoms with Crippen LogP contribution >= 0.6 is 7.87 Å². The van der Waals surface area contributed by atoms with Gasteiger partial charge in [0.25, 0.3) is 0 Å². The van der Waals surface area contributed by atoms with Gasteiger partial charge in [-0.3, -0.25) is 0 Å². The second kappa shape index (κ2) is 14.3. The van der Waals surface area contributed by atoms with Gasteiger partial charge in [-0.25, -0.2) is 0 Å². The minimum absolute atomic E-state index is 1.13. The molecule has 0 saturated heterocycles. The fourth-order valence-electron chi connectivity index (χ4n) is 3.94. The predicted molar refractivity (Wildman–Crippen MR) is 117 cm³/mol. The van der Waals surface area contributed by atoms with Crippen molar-refractivity contribution in [3.05, 3.63) is 0 Å². The third-order valence-corrected chi connectivity index (χ3v) is 10.4. The molecule has 0 aliphatic rings. The van der Waals surface area contributed by atoms with Gasteiger partial charge in [-0.15, -0.1) is 18.7 Å². The van der Waals surface area contributed by atoms with Gasteiger partial charge in [-0.1, -0.05) is 26.7 Å². The molecule has 0 aromatic carbocycles. The molecule has 0 unspecified atom stereocenters. The molecule has 0 radical (unpaired) electrons. The summed E-state index contributed by atoms with van der Waals surface area (Å²) in [4.78, 5) is 0. The molecule has 0 saturated carbocycles. The Kier molecular flexibility index (Phi) is 14.5. The number of unbranched alkanes of at least 4 members (excludes halogenated alkanes) is 2. The van der Waals surface area contributed by atoms with Crippen molar-refractivity contribution in [2.45, 2.75) is 81.1 Å².